The first kappa shape index (κ1) is 13.1. The average Bonchev–Trinajstić information content (AvgIpc) is 2.51. The van der Waals surface area contributed by atoms with Crippen LogP contribution in [0.1, 0.15) is 36.6 Å². The van der Waals surface area contributed by atoms with E-state index in [1.54, 1.807) is 0 Å². The molecule has 1 aliphatic heterocycles. The van der Waals surface area contributed by atoms with Gasteiger partial charge in [-0.1, -0.05) is 67.6 Å². The van der Waals surface area contributed by atoms with Crippen molar-refractivity contribution < 1.29 is 4.79 Å². The van der Waals surface area contributed by atoms with E-state index in [1.807, 2.05) is 43.3 Å². The predicted molar refractivity (Wildman–Crippen MR) is 80.3 cm³/mol. The van der Waals surface area contributed by atoms with Crippen LogP contribution in [0, 0.1) is 5.92 Å². The molecule has 3 rings (SSSR count). The summed E-state index contributed by atoms with van der Waals surface area (Å²) in [5.41, 5.74) is 2.38. The van der Waals surface area contributed by atoms with Gasteiger partial charge in [0, 0.05) is 24.4 Å². The Morgan fingerprint density at radius 2 is 1.45 bits per heavy atom. The maximum Gasteiger partial charge on any atom is 0.139 e. The van der Waals surface area contributed by atoms with Crippen LogP contribution in [-0.2, 0) is 4.79 Å². The first-order chi connectivity index (χ1) is 9.75. The minimum Gasteiger partial charge on any atom is -0.302 e. The van der Waals surface area contributed by atoms with Gasteiger partial charge in [-0.2, -0.15) is 0 Å². The Morgan fingerprint density at radius 1 is 0.900 bits per heavy atom. The normalized spacial score (nSPS) is 26.4. The van der Waals surface area contributed by atoms with E-state index in [9.17, 15) is 4.79 Å². The van der Waals surface area contributed by atoms with Crippen LogP contribution < -0.4 is 5.32 Å². The monoisotopic (exact) mass is 265 g/mol. The number of carbonyl (C=O) groups is 1. The molecule has 2 nitrogen and oxygen atoms in total. The van der Waals surface area contributed by atoms with E-state index >= 15 is 0 Å². The Kier molecular flexibility index (Phi) is 3.66. The molecule has 3 atom stereocenters. The van der Waals surface area contributed by atoms with Crippen molar-refractivity contribution in [1.82, 2.24) is 5.32 Å². The molecule has 0 saturated carbocycles. The SMILES string of the molecule is C[C@H]1C(=O)C[C@H](c2ccccc2)N[C@@H]1c1ccccc1. The van der Waals surface area contributed by atoms with Crippen LogP contribution in [0.25, 0.3) is 0 Å². The summed E-state index contributed by atoms with van der Waals surface area (Å²) in [7, 11) is 0. The third-order valence-electron chi connectivity index (χ3n) is 4.15. The molecule has 2 heteroatoms. The molecule has 102 valence electrons. The molecular formula is C18H19NO. The Morgan fingerprint density at radius 3 is 2.05 bits per heavy atom. The van der Waals surface area contributed by atoms with Gasteiger partial charge in [0.2, 0.25) is 0 Å². The van der Waals surface area contributed by atoms with Crippen LogP contribution in [0.3, 0.4) is 0 Å². The molecule has 2 aromatic rings. The van der Waals surface area contributed by atoms with E-state index in [2.05, 4.69) is 29.6 Å². The minimum absolute atomic E-state index is 0.0253. The summed E-state index contributed by atoms with van der Waals surface area (Å²) in [6.45, 7) is 2.02. The number of ketones is 1. The fourth-order valence-corrected chi connectivity index (χ4v) is 2.94. The van der Waals surface area contributed by atoms with Gasteiger partial charge in [0.05, 0.1) is 0 Å². The molecule has 1 N–H and O–H groups in total. The quantitative estimate of drug-likeness (QED) is 0.897. The molecule has 0 unspecified atom stereocenters. The second kappa shape index (κ2) is 5.59. The van der Waals surface area contributed by atoms with Crippen molar-refractivity contribution in [1.29, 1.82) is 0 Å². The van der Waals surface area contributed by atoms with Crippen LogP contribution in [-0.4, -0.2) is 5.78 Å². The summed E-state index contributed by atoms with van der Waals surface area (Å²) >= 11 is 0. The second-order valence-electron chi connectivity index (χ2n) is 5.48. The number of benzene rings is 2. The largest absolute Gasteiger partial charge is 0.302 e. The highest BCUT2D eigenvalue weighted by atomic mass is 16.1. The molecule has 0 aliphatic carbocycles. The smallest absolute Gasteiger partial charge is 0.139 e. The van der Waals surface area contributed by atoms with Crippen LogP contribution in [0.4, 0.5) is 0 Å². The van der Waals surface area contributed by atoms with Crippen molar-refractivity contribution in [3.63, 3.8) is 0 Å². The zero-order valence-corrected chi connectivity index (χ0v) is 11.6. The molecule has 0 amide bonds. The van der Waals surface area contributed by atoms with E-state index in [0.717, 1.165) is 0 Å². The molecule has 1 saturated heterocycles. The third-order valence-corrected chi connectivity index (χ3v) is 4.15. The number of hydrogen-bond donors (Lipinski definition) is 1. The molecule has 2 aromatic carbocycles. The van der Waals surface area contributed by atoms with Crippen molar-refractivity contribution in [3.05, 3.63) is 71.8 Å². The lowest BCUT2D eigenvalue weighted by molar-refractivity contribution is -0.126. The molecule has 0 bridgehead atoms. The Bertz CT molecular complexity index is 579. The molecule has 0 radical (unpaired) electrons. The number of rotatable bonds is 2. The molecule has 0 aromatic heterocycles. The van der Waals surface area contributed by atoms with E-state index in [4.69, 9.17) is 0 Å². The predicted octanol–water partition coefficient (Wildman–Crippen LogP) is 3.67. The summed E-state index contributed by atoms with van der Waals surface area (Å²) in [4.78, 5) is 12.3. The third kappa shape index (κ3) is 2.52. The van der Waals surface area contributed by atoms with Crippen molar-refractivity contribution >= 4 is 5.78 Å². The van der Waals surface area contributed by atoms with Crippen LogP contribution >= 0.6 is 0 Å². The molecule has 1 aliphatic rings. The summed E-state index contributed by atoms with van der Waals surface area (Å²) < 4.78 is 0. The Balaban J connectivity index is 1.89. The topological polar surface area (TPSA) is 29.1 Å². The van der Waals surface area contributed by atoms with Gasteiger partial charge in [-0.05, 0) is 11.1 Å². The number of carbonyl (C=O) groups excluding carboxylic acids is 1. The lowest BCUT2D eigenvalue weighted by atomic mass is 9.82. The standard InChI is InChI=1S/C18H19NO/c1-13-17(20)12-16(14-8-4-2-5-9-14)19-18(13)15-10-6-3-7-11-15/h2-11,13,16,18-19H,12H2,1H3/t13-,16+,18-/m0/s1. The zero-order valence-electron chi connectivity index (χ0n) is 11.6. The van der Waals surface area contributed by atoms with Crippen molar-refractivity contribution in [2.45, 2.75) is 25.4 Å². The molecular weight excluding hydrogens is 246 g/mol. The summed E-state index contributed by atoms with van der Waals surface area (Å²) in [6, 6.07) is 20.7. The van der Waals surface area contributed by atoms with Gasteiger partial charge in [0.15, 0.2) is 0 Å². The van der Waals surface area contributed by atoms with Gasteiger partial charge in [-0.25, -0.2) is 0 Å². The average molecular weight is 265 g/mol. The number of hydrogen-bond acceptors (Lipinski definition) is 2. The van der Waals surface area contributed by atoms with Crippen LogP contribution in [0.15, 0.2) is 60.7 Å². The first-order valence-corrected chi connectivity index (χ1v) is 7.14. The lowest BCUT2D eigenvalue weighted by Crippen LogP contribution is -2.41. The van der Waals surface area contributed by atoms with Gasteiger partial charge in [-0.3, -0.25) is 4.79 Å². The zero-order chi connectivity index (χ0) is 13.9. The molecule has 0 spiro atoms. The Labute approximate surface area is 119 Å². The minimum atomic E-state index is 0.0253. The number of nitrogens with one attached hydrogen (secondary N) is 1. The van der Waals surface area contributed by atoms with Gasteiger partial charge < -0.3 is 5.32 Å². The first-order valence-electron chi connectivity index (χ1n) is 7.14. The fraction of sp³-hybridized carbons (Fsp3) is 0.278. The van der Waals surface area contributed by atoms with E-state index in [0.29, 0.717) is 12.2 Å². The van der Waals surface area contributed by atoms with Crippen LogP contribution in [0.2, 0.25) is 0 Å². The summed E-state index contributed by atoms with van der Waals surface area (Å²) in [6.07, 6.45) is 0.578. The maximum absolute atomic E-state index is 12.3. The van der Waals surface area contributed by atoms with E-state index < -0.39 is 0 Å². The van der Waals surface area contributed by atoms with E-state index in [1.165, 1.54) is 11.1 Å². The highest BCUT2D eigenvalue weighted by Gasteiger charge is 2.34. The Hall–Kier alpha value is -1.93. The van der Waals surface area contributed by atoms with Gasteiger partial charge in [0.1, 0.15) is 5.78 Å². The second-order valence-corrected chi connectivity index (χ2v) is 5.48. The molecule has 1 fully saturated rings. The highest BCUT2D eigenvalue weighted by Crippen LogP contribution is 2.34. The van der Waals surface area contributed by atoms with Crippen molar-refractivity contribution in [2.24, 2.45) is 5.92 Å². The van der Waals surface area contributed by atoms with Crippen molar-refractivity contribution in [2.75, 3.05) is 0 Å². The number of Topliss-reactive ketones (excluding diaryl/α,β-unsaturated/α-hetero) is 1. The molecule has 1 heterocycles. The van der Waals surface area contributed by atoms with E-state index in [-0.39, 0.29) is 18.0 Å². The maximum atomic E-state index is 12.3. The van der Waals surface area contributed by atoms with Crippen LogP contribution in [0.5, 0.6) is 0 Å². The molecule has 20 heavy (non-hydrogen) atoms. The van der Waals surface area contributed by atoms with Gasteiger partial charge in [-0.15, -0.1) is 0 Å². The summed E-state index contributed by atoms with van der Waals surface area (Å²) in [5, 5.41) is 3.65. The van der Waals surface area contributed by atoms with Crippen molar-refractivity contribution in [3.8, 4) is 0 Å². The van der Waals surface area contributed by atoms with Gasteiger partial charge >= 0.3 is 0 Å². The lowest BCUT2D eigenvalue weighted by Gasteiger charge is -2.35. The van der Waals surface area contributed by atoms with Gasteiger partial charge in [0.25, 0.3) is 0 Å². The fourth-order valence-electron chi connectivity index (χ4n) is 2.94. The highest BCUT2D eigenvalue weighted by molar-refractivity contribution is 5.83. The number of piperidine rings is 1. The summed E-state index contributed by atoms with van der Waals surface area (Å²) in [5.74, 6) is 0.365.